The third-order valence-electron chi connectivity index (χ3n) is 3.53. The van der Waals surface area contributed by atoms with Gasteiger partial charge in [-0.3, -0.25) is 4.79 Å². The minimum Gasteiger partial charge on any atom is -0.488 e. The van der Waals surface area contributed by atoms with E-state index in [9.17, 15) is 4.79 Å². The first-order valence-corrected chi connectivity index (χ1v) is 6.97. The van der Waals surface area contributed by atoms with Crippen molar-refractivity contribution in [3.8, 4) is 16.9 Å². The van der Waals surface area contributed by atoms with Crippen LogP contribution in [0.3, 0.4) is 0 Å². The van der Waals surface area contributed by atoms with Crippen LogP contribution in [0.15, 0.2) is 48.5 Å². The number of nitrogens with two attached hydrogens (primary N) is 1. The zero-order valence-corrected chi connectivity index (χ0v) is 11.6. The molecule has 4 nitrogen and oxygen atoms in total. The summed E-state index contributed by atoms with van der Waals surface area (Å²) in [5, 5.41) is 0. The molecule has 0 radical (unpaired) electrons. The lowest BCUT2D eigenvalue weighted by molar-refractivity contribution is 0.100. The van der Waals surface area contributed by atoms with Crippen molar-refractivity contribution in [2.75, 3.05) is 13.2 Å². The summed E-state index contributed by atoms with van der Waals surface area (Å²) >= 11 is 0. The lowest BCUT2D eigenvalue weighted by Crippen LogP contribution is -2.15. The van der Waals surface area contributed by atoms with E-state index >= 15 is 0 Å². The standard InChI is InChI=1S/C17H17NO3/c18-17(19)14-3-1-2-13(10-14)12-4-6-15(7-5-12)21-16-8-9-20-11-16/h1-7,10,16H,8-9,11H2,(H2,18,19)/t16-/m0/s1. The Morgan fingerprint density at radius 1 is 1.14 bits per heavy atom. The highest BCUT2D eigenvalue weighted by atomic mass is 16.5. The van der Waals surface area contributed by atoms with E-state index in [0.717, 1.165) is 29.9 Å². The first kappa shape index (κ1) is 13.6. The Balaban J connectivity index is 1.77. The summed E-state index contributed by atoms with van der Waals surface area (Å²) in [4.78, 5) is 11.2. The van der Waals surface area contributed by atoms with Gasteiger partial charge in [0.2, 0.25) is 5.91 Å². The SMILES string of the molecule is NC(=O)c1cccc(-c2ccc(O[C@H]3CCOC3)cc2)c1. The third kappa shape index (κ3) is 3.23. The molecule has 1 aliphatic rings. The lowest BCUT2D eigenvalue weighted by atomic mass is 10.0. The van der Waals surface area contributed by atoms with Crippen molar-refractivity contribution in [3.63, 3.8) is 0 Å². The highest BCUT2D eigenvalue weighted by molar-refractivity contribution is 5.94. The van der Waals surface area contributed by atoms with Crippen molar-refractivity contribution in [1.29, 1.82) is 0 Å². The van der Waals surface area contributed by atoms with Crippen LogP contribution in [-0.4, -0.2) is 25.2 Å². The molecule has 4 heteroatoms. The molecule has 1 atom stereocenters. The molecular weight excluding hydrogens is 266 g/mol. The first-order valence-electron chi connectivity index (χ1n) is 6.97. The Bertz CT molecular complexity index is 631. The van der Waals surface area contributed by atoms with E-state index in [0.29, 0.717) is 12.2 Å². The van der Waals surface area contributed by atoms with Gasteiger partial charge in [0.25, 0.3) is 0 Å². The maximum Gasteiger partial charge on any atom is 0.248 e. The molecule has 108 valence electrons. The van der Waals surface area contributed by atoms with Crippen molar-refractivity contribution < 1.29 is 14.3 Å². The zero-order chi connectivity index (χ0) is 14.7. The molecule has 1 amide bonds. The molecule has 21 heavy (non-hydrogen) atoms. The molecular formula is C17H17NO3. The Morgan fingerprint density at radius 3 is 2.62 bits per heavy atom. The number of hydrogen-bond acceptors (Lipinski definition) is 3. The van der Waals surface area contributed by atoms with Crippen LogP contribution in [0, 0.1) is 0 Å². The molecule has 2 aromatic carbocycles. The van der Waals surface area contributed by atoms with E-state index in [1.165, 1.54) is 0 Å². The Labute approximate surface area is 123 Å². The quantitative estimate of drug-likeness (QED) is 0.938. The third-order valence-corrected chi connectivity index (χ3v) is 3.53. The molecule has 0 aliphatic carbocycles. The number of primary amides is 1. The van der Waals surface area contributed by atoms with Crippen LogP contribution in [0.25, 0.3) is 11.1 Å². The predicted octanol–water partition coefficient (Wildman–Crippen LogP) is 2.62. The number of ether oxygens (including phenoxy) is 2. The van der Waals surface area contributed by atoms with Crippen LogP contribution in [0.4, 0.5) is 0 Å². The predicted molar refractivity (Wildman–Crippen MR) is 80.2 cm³/mol. The molecule has 1 aliphatic heterocycles. The molecule has 0 saturated carbocycles. The van der Waals surface area contributed by atoms with Gasteiger partial charge in [0.1, 0.15) is 11.9 Å². The highest BCUT2D eigenvalue weighted by Crippen LogP contribution is 2.24. The fourth-order valence-corrected chi connectivity index (χ4v) is 2.38. The number of benzene rings is 2. The summed E-state index contributed by atoms with van der Waals surface area (Å²) in [5.41, 5.74) is 7.80. The van der Waals surface area contributed by atoms with E-state index in [-0.39, 0.29) is 6.10 Å². The van der Waals surface area contributed by atoms with Crippen LogP contribution >= 0.6 is 0 Å². The molecule has 2 N–H and O–H groups in total. The van der Waals surface area contributed by atoms with Gasteiger partial charge in [-0.15, -0.1) is 0 Å². The fourth-order valence-electron chi connectivity index (χ4n) is 2.38. The second kappa shape index (κ2) is 5.97. The minimum atomic E-state index is -0.418. The highest BCUT2D eigenvalue weighted by Gasteiger charge is 2.16. The molecule has 1 fully saturated rings. The molecule has 3 rings (SSSR count). The summed E-state index contributed by atoms with van der Waals surface area (Å²) in [5.74, 6) is 0.415. The van der Waals surface area contributed by atoms with Gasteiger partial charge >= 0.3 is 0 Å². The van der Waals surface area contributed by atoms with Crippen molar-refractivity contribution in [2.45, 2.75) is 12.5 Å². The van der Waals surface area contributed by atoms with Crippen LogP contribution in [0.5, 0.6) is 5.75 Å². The van der Waals surface area contributed by atoms with E-state index in [4.69, 9.17) is 15.2 Å². The van der Waals surface area contributed by atoms with E-state index < -0.39 is 5.91 Å². The maximum atomic E-state index is 11.2. The van der Waals surface area contributed by atoms with Crippen LogP contribution in [0.1, 0.15) is 16.8 Å². The summed E-state index contributed by atoms with van der Waals surface area (Å²) in [6, 6.07) is 15.1. The molecule has 0 unspecified atom stereocenters. The van der Waals surface area contributed by atoms with Crippen LogP contribution in [0.2, 0.25) is 0 Å². The average Bonchev–Trinajstić information content (AvgIpc) is 3.01. The number of amides is 1. The summed E-state index contributed by atoms with van der Waals surface area (Å²) in [6.45, 7) is 1.42. The van der Waals surface area contributed by atoms with Crippen LogP contribution in [-0.2, 0) is 4.74 Å². The monoisotopic (exact) mass is 283 g/mol. The number of rotatable bonds is 4. The summed E-state index contributed by atoms with van der Waals surface area (Å²) < 4.78 is 11.1. The lowest BCUT2D eigenvalue weighted by Gasteiger charge is -2.12. The summed E-state index contributed by atoms with van der Waals surface area (Å²) in [6.07, 6.45) is 1.08. The Kier molecular flexibility index (Phi) is 3.88. The van der Waals surface area contributed by atoms with Gasteiger partial charge in [0.15, 0.2) is 0 Å². The fraction of sp³-hybridized carbons (Fsp3) is 0.235. The second-order valence-corrected chi connectivity index (χ2v) is 5.07. The Hall–Kier alpha value is -2.33. The molecule has 1 saturated heterocycles. The molecule has 2 aromatic rings. The number of hydrogen-bond donors (Lipinski definition) is 1. The van der Waals surface area contributed by atoms with Gasteiger partial charge in [-0.25, -0.2) is 0 Å². The Morgan fingerprint density at radius 2 is 1.95 bits per heavy atom. The van der Waals surface area contributed by atoms with E-state index in [2.05, 4.69) is 0 Å². The second-order valence-electron chi connectivity index (χ2n) is 5.07. The number of carbonyl (C=O) groups excluding carboxylic acids is 1. The van der Waals surface area contributed by atoms with Gasteiger partial charge < -0.3 is 15.2 Å². The molecule has 1 heterocycles. The minimum absolute atomic E-state index is 0.147. The van der Waals surface area contributed by atoms with E-state index in [1.807, 2.05) is 36.4 Å². The first-order chi connectivity index (χ1) is 10.2. The van der Waals surface area contributed by atoms with Crippen molar-refractivity contribution in [2.24, 2.45) is 5.73 Å². The van der Waals surface area contributed by atoms with Gasteiger partial charge in [0, 0.05) is 12.0 Å². The van der Waals surface area contributed by atoms with Gasteiger partial charge in [-0.2, -0.15) is 0 Å². The molecule has 0 bridgehead atoms. The van der Waals surface area contributed by atoms with Gasteiger partial charge in [0.05, 0.1) is 13.2 Å². The zero-order valence-electron chi connectivity index (χ0n) is 11.6. The van der Waals surface area contributed by atoms with Crippen LogP contribution < -0.4 is 10.5 Å². The molecule has 0 spiro atoms. The van der Waals surface area contributed by atoms with Crippen molar-refractivity contribution in [1.82, 2.24) is 0 Å². The largest absolute Gasteiger partial charge is 0.488 e. The van der Waals surface area contributed by atoms with Gasteiger partial charge in [-0.1, -0.05) is 24.3 Å². The topological polar surface area (TPSA) is 61.6 Å². The summed E-state index contributed by atoms with van der Waals surface area (Å²) in [7, 11) is 0. The smallest absolute Gasteiger partial charge is 0.248 e. The van der Waals surface area contributed by atoms with E-state index in [1.54, 1.807) is 12.1 Å². The maximum absolute atomic E-state index is 11.2. The molecule has 0 aromatic heterocycles. The average molecular weight is 283 g/mol. The van der Waals surface area contributed by atoms with Crippen molar-refractivity contribution in [3.05, 3.63) is 54.1 Å². The normalized spacial score (nSPS) is 17.6. The number of carbonyl (C=O) groups is 1. The van der Waals surface area contributed by atoms with Gasteiger partial charge in [-0.05, 0) is 35.4 Å². The van der Waals surface area contributed by atoms with Crippen molar-refractivity contribution >= 4 is 5.91 Å².